The van der Waals surface area contributed by atoms with Crippen LogP contribution in [0.4, 0.5) is 0 Å². The molecule has 1 aromatic carbocycles. The molecule has 0 fully saturated rings. The van der Waals surface area contributed by atoms with Crippen molar-refractivity contribution in [2.75, 3.05) is 13.7 Å². The van der Waals surface area contributed by atoms with Crippen LogP contribution in [0.1, 0.15) is 18.9 Å². The molecule has 0 aliphatic rings. The van der Waals surface area contributed by atoms with Crippen molar-refractivity contribution in [3.8, 4) is 0 Å². The van der Waals surface area contributed by atoms with Crippen molar-refractivity contribution in [1.82, 2.24) is 0 Å². The second-order valence-corrected chi connectivity index (χ2v) is 5.46. The Morgan fingerprint density at radius 3 is 2.53 bits per heavy atom. The maximum absolute atomic E-state index is 11.9. The first-order chi connectivity index (χ1) is 7.97. The zero-order valence-corrected chi connectivity index (χ0v) is 11.2. The highest BCUT2D eigenvalue weighted by atomic mass is 32.2. The molecule has 0 bridgehead atoms. The second-order valence-electron chi connectivity index (χ2n) is 3.88. The molecular formula is C12H18O4S. The Morgan fingerprint density at radius 2 is 1.94 bits per heavy atom. The van der Waals surface area contributed by atoms with E-state index in [-0.39, 0.29) is 17.6 Å². The number of methoxy groups -OCH3 is 1. The average Bonchev–Trinajstić information content (AvgIpc) is 2.28. The van der Waals surface area contributed by atoms with Gasteiger partial charge in [-0.15, -0.1) is 0 Å². The van der Waals surface area contributed by atoms with Gasteiger partial charge in [0.2, 0.25) is 0 Å². The van der Waals surface area contributed by atoms with Gasteiger partial charge in [0.1, 0.15) is 0 Å². The molecule has 0 amide bonds. The molecule has 0 spiro atoms. The second kappa shape index (κ2) is 6.14. The van der Waals surface area contributed by atoms with Gasteiger partial charge in [-0.1, -0.05) is 18.2 Å². The SMILES string of the molecule is COC(C)CCOS(=O)(=O)c1ccccc1C. The first-order valence-corrected chi connectivity index (χ1v) is 6.86. The van der Waals surface area contributed by atoms with E-state index < -0.39 is 10.1 Å². The van der Waals surface area contributed by atoms with Crippen molar-refractivity contribution < 1.29 is 17.3 Å². The van der Waals surface area contributed by atoms with Gasteiger partial charge in [0.25, 0.3) is 10.1 Å². The lowest BCUT2D eigenvalue weighted by Crippen LogP contribution is -2.13. The molecule has 0 heterocycles. The van der Waals surface area contributed by atoms with Gasteiger partial charge in [0, 0.05) is 7.11 Å². The Kier molecular flexibility index (Phi) is 5.11. The lowest BCUT2D eigenvalue weighted by atomic mass is 10.2. The van der Waals surface area contributed by atoms with E-state index in [0.29, 0.717) is 12.0 Å². The van der Waals surface area contributed by atoms with Crippen LogP contribution < -0.4 is 0 Å². The van der Waals surface area contributed by atoms with E-state index in [1.54, 1.807) is 38.3 Å². The van der Waals surface area contributed by atoms with Gasteiger partial charge in [-0.3, -0.25) is 4.18 Å². The fourth-order valence-electron chi connectivity index (χ4n) is 1.34. The highest BCUT2D eigenvalue weighted by Crippen LogP contribution is 2.17. The van der Waals surface area contributed by atoms with Gasteiger partial charge in [0.15, 0.2) is 0 Å². The monoisotopic (exact) mass is 258 g/mol. The summed E-state index contributed by atoms with van der Waals surface area (Å²) < 4.78 is 33.7. The van der Waals surface area contributed by atoms with E-state index in [0.717, 1.165) is 0 Å². The Labute approximate surface area is 103 Å². The molecule has 1 aromatic rings. The molecular weight excluding hydrogens is 240 g/mol. The summed E-state index contributed by atoms with van der Waals surface area (Å²) in [6.07, 6.45) is 0.531. The average molecular weight is 258 g/mol. The van der Waals surface area contributed by atoms with Crippen LogP contribution in [0.3, 0.4) is 0 Å². The molecule has 0 N–H and O–H groups in total. The molecule has 0 saturated heterocycles. The summed E-state index contributed by atoms with van der Waals surface area (Å²) >= 11 is 0. The number of ether oxygens (including phenoxy) is 1. The molecule has 17 heavy (non-hydrogen) atoms. The summed E-state index contributed by atoms with van der Waals surface area (Å²) in [5, 5.41) is 0. The third-order valence-electron chi connectivity index (χ3n) is 2.53. The Hall–Kier alpha value is -0.910. The van der Waals surface area contributed by atoms with Gasteiger partial charge < -0.3 is 4.74 Å². The van der Waals surface area contributed by atoms with Crippen LogP contribution in [-0.2, 0) is 19.0 Å². The summed E-state index contributed by atoms with van der Waals surface area (Å²) in [5.41, 5.74) is 0.687. The summed E-state index contributed by atoms with van der Waals surface area (Å²) in [6, 6.07) is 6.76. The zero-order chi connectivity index (χ0) is 12.9. The molecule has 1 rings (SSSR count). The predicted molar refractivity (Wildman–Crippen MR) is 65.4 cm³/mol. The minimum atomic E-state index is -3.65. The standard InChI is InChI=1S/C12H18O4S/c1-10-6-4-5-7-12(10)17(13,14)16-9-8-11(2)15-3/h4-7,11H,8-9H2,1-3H3. The molecule has 0 saturated carbocycles. The van der Waals surface area contributed by atoms with Crippen LogP contribution >= 0.6 is 0 Å². The molecule has 0 aliphatic heterocycles. The van der Waals surface area contributed by atoms with E-state index in [1.807, 2.05) is 6.92 Å². The smallest absolute Gasteiger partial charge is 0.297 e. The molecule has 5 heteroatoms. The first-order valence-electron chi connectivity index (χ1n) is 5.45. The van der Waals surface area contributed by atoms with Crippen molar-refractivity contribution in [2.24, 2.45) is 0 Å². The number of hydrogen-bond acceptors (Lipinski definition) is 4. The van der Waals surface area contributed by atoms with E-state index in [4.69, 9.17) is 8.92 Å². The fraction of sp³-hybridized carbons (Fsp3) is 0.500. The van der Waals surface area contributed by atoms with Crippen LogP contribution in [0.25, 0.3) is 0 Å². The van der Waals surface area contributed by atoms with Crippen LogP contribution in [0.15, 0.2) is 29.2 Å². The molecule has 0 aliphatic carbocycles. The lowest BCUT2D eigenvalue weighted by Gasteiger charge is -2.10. The quantitative estimate of drug-likeness (QED) is 0.733. The van der Waals surface area contributed by atoms with Gasteiger partial charge in [0.05, 0.1) is 17.6 Å². The van der Waals surface area contributed by atoms with Gasteiger partial charge in [-0.05, 0) is 31.9 Å². The lowest BCUT2D eigenvalue weighted by molar-refractivity contribution is 0.0966. The van der Waals surface area contributed by atoms with Crippen molar-refractivity contribution in [1.29, 1.82) is 0 Å². The maximum atomic E-state index is 11.9. The largest absolute Gasteiger partial charge is 0.382 e. The first kappa shape index (κ1) is 14.2. The van der Waals surface area contributed by atoms with Gasteiger partial charge in [-0.2, -0.15) is 8.42 Å². The highest BCUT2D eigenvalue weighted by Gasteiger charge is 2.17. The summed E-state index contributed by atoms with van der Waals surface area (Å²) in [6.45, 7) is 3.74. The molecule has 1 unspecified atom stereocenters. The Morgan fingerprint density at radius 1 is 1.29 bits per heavy atom. The van der Waals surface area contributed by atoms with Gasteiger partial charge in [-0.25, -0.2) is 0 Å². The molecule has 0 radical (unpaired) electrons. The molecule has 96 valence electrons. The molecule has 0 aromatic heterocycles. The maximum Gasteiger partial charge on any atom is 0.297 e. The fourth-order valence-corrected chi connectivity index (χ4v) is 2.49. The summed E-state index contributed by atoms with van der Waals surface area (Å²) in [7, 11) is -2.07. The summed E-state index contributed by atoms with van der Waals surface area (Å²) in [5.74, 6) is 0. The van der Waals surface area contributed by atoms with Gasteiger partial charge >= 0.3 is 0 Å². The van der Waals surface area contributed by atoms with Crippen LogP contribution in [-0.4, -0.2) is 28.2 Å². The third-order valence-corrected chi connectivity index (χ3v) is 4.00. The van der Waals surface area contributed by atoms with Crippen LogP contribution in [0, 0.1) is 6.92 Å². The van der Waals surface area contributed by atoms with Crippen molar-refractivity contribution in [3.05, 3.63) is 29.8 Å². The topological polar surface area (TPSA) is 52.6 Å². The Balaban J connectivity index is 2.67. The summed E-state index contributed by atoms with van der Waals surface area (Å²) in [4.78, 5) is 0.227. The number of aryl methyl sites for hydroxylation is 1. The zero-order valence-electron chi connectivity index (χ0n) is 10.3. The minimum absolute atomic E-state index is 0.0120. The number of hydrogen-bond donors (Lipinski definition) is 0. The van der Waals surface area contributed by atoms with E-state index >= 15 is 0 Å². The van der Waals surface area contributed by atoms with Crippen molar-refractivity contribution >= 4 is 10.1 Å². The number of benzene rings is 1. The van der Waals surface area contributed by atoms with Crippen molar-refractivity contribution in [2.45, 2.75) is 31.3 Å². The highest BCUT2D eigenvalue weighted by molar-refractivity contribution is 7.86. The minimum Gasteiger partial charge on any atom is -0.382 e. The molecule has 4 nitrogen and oxygen atoms in total. The van der Waals surface area contributed by atoms with Crippen LogP contribution in [0.5, 0.6) is 0 Å². The predicted octanol–water partition coefficient (Wildman–Crippen LogP) is 2.13. The van der Waals surface area contributed by atoms with E-state index in [9.17, 15) is 8.42 Å². The van der Waals surface area contributed by atoms with E-state index in [1.165, 1.54) is 0 Å². The molecule has 1 atom stereocenters. The van der Waals surface area contributed by atoms with E-state index in [2.05, 4.69) is 0 Å². The van der Waals surface area contributed by atoms with Crippen molar-refractivity contribution in [3.63, 3.8) is 0 Å². The third kappa shape index (κ3) is 4.11. The Bertz CT molecular complexity index is 453. The number of rotatable bonds is 6. The normalized spacial score (nSPS) is 13.6. The van der Waals surface area contributed by atoms with Crippen LogP contribution in [0.2, 0.25) is 0 Å².